The molecule has 0 aliphatic carbocycles. The van der Waals surface area contributed by atoms with E-state index >= 15 is 0 Å². The van der Waals surface area contributed by atoms with Crippen molar-refractivity contribution in [1.82, 2.24) is 20.2 Å². The number of anilines is 1. The highest BCUT2D eigenvalue weighted by Crippen LogP contribution is 2.24. The second kappa shape index (κ2) is 5.20. The molecule has 1 aliphatic heterocycles. The van der Waals surface area contributed by atoms with Crippen LogP contribution in [0.25, 0.3) is 11.4 Å². The molecule has 0 amide bonds. The standard InChI is InChI=1S/C14H19N5O/c1-9-13(10(2)18-17-9)14-15-6-5-12(16-14)19-7-3-4-11(20)8-19/h5-6,11,20H,3-4,7-8H2,1-2H3,(H,17,18). The fourth-order valence-electron chi connectivity index (χ4n) is 2.69. The van der Waals surface area contributed by atoms with Crippen molar-refractivity contribution in [1.29, 1.82) is 0 Å². The van der Waals surface area contributed by atoms with Crippen molar-refractivity contribution in [3.63, 3.8) is 0 Å². The smallest absolute Gasteiger partial charge is 0.165 e. The van der Waals surface area contributed by atoms with Crippen molar-refractivity contribution in [3.8, 4) is 11.4 Å². The minimum atomic E-state index is -0.264. The molecule has 1 saturated heterocycles. The Morgan fingerprint density at radius 2 is 2.25 bits per heavy atom. The molecule has 2 aromatic heterocycles. The lowest BCUT2D eigenvalue weighted by Crippen LogP contribution is -2.38. The first-order valence-corrected chi connectivity index (χ1v) is 6.93. The van der Waals surface area contributed by atoms with Crippen LogP contribution >= 0.6 is 0 Å². The molecule has 3 rings (SSSR count). The highest BCUT2D eigenvalue weighted by atomic mass is 16.3. The third-order valence-corrected chi connectivity index (χ3v) is 3.71. The van der Waals surface area contributed by atoms with Gasteiger partial charge >= 0.3 is 0 Å². The molecule has 0 saturated carbocycles. The quantitative estimate of drug-likeness (QED) is 0.865. The van der Waals surface area contributed by atoms with E-state index in [1.54, 1.807) is 6.20 Å². The molecular weight excluding hydrogens is 254 g/mol. The lowest BCUT2D eigenvalue weighted by atomic mass is 10.1. The van der Waals surface area contributed by atoms with Crippen LogP contribution < -0.4 is 4.90 Å². The maximum Gasteiger partial charge on any atom is 0.165 e. The molecule has 1 unspecified atom stereocenters. The van der Waals surface area contributed by atoms with Gasteiger partial charge in [0.1, 0.15) is 5.82 Å². The Morgan fingerprint density at radius 1 is 1.40 bits per heavy atom. The number of aliphatic hydroxyl groups excluding tert-OH is 1. The van der Waals surface area contributed by atoms with Crippen LogP contribution in [0.15, 0.2) is 12.3 Å². The van der Waals surface area contributed by atoms with Crippen molar-refractivity contribution >= 4 is 5.82 Å². The number of nitrogens with zero attached hydrogens (tertiary/aromatic N) is 4. The molecule has 2 aromatic rings. The van der Waals surface area contributed by atoms with Crippen LogP contribution in [0.2, 0.25) is 0 Å². The largest absolute Gasteiger partial charge is 0.391 e. The van der Waals surface area contributed by atoms with Gasteiger partial charge in [0.25, 0.3) is 0 Å². The number of hydrogen-bond donors (Lipinski definition) is 2. The molecule has 0 bridgehead atoms. The minimum absolute atomic E-state index is 0.264. The Kier molecular flexibility index (Phi) is 3.40. The first-order valence-electron chi connectivity index (χ1n) is 6.93. The minimum Gasteiger partial charge on any atom is -0.391 e. The molecule has 1 atom stereocenters. The van der Waals surface area contributed by atoms with Gasteiger partial charge in [-0.05, 0) is 32.8 Å². The number of aryl methyl sites for hydroxylation is 2. The molecule has 106 valence electrons. The van der Waals surface area contributed by atoms with Gasteiger partial charge in [-0.15, -0.1) is 0 Å². The van der Waals surface area contributed by atoms with E-state index in [1.807, 2.05) is 19.9 Å². The van der Waals surface area contributed by atoms with Crippen molar-refractivity contribution in [2.75, 3.05) is 18.0 Å². The van der Waals surface area contributed by atoms with Crippen molar-refractivity contribution in [3.05, 3.63) is 23.7 Å². The Morgan fingerprint density at radius 3 is 2.95 bits per heavy atom. The number of aliphatic hydroxyl groups is 1. The first kappa shape index (κ1) is 13.1. The summed E-state index contributed by atoms with van der Waals surface area (Å²) in [7, 11) is 0. The van der Waals surface area contributed by atoms with E-state index in [4.69, 9.17) is 0 Å². The summed E-state index contributed by atoms with van der Waals surface area (Å²) in [6, 6.07) is 1.90. The average molecular weight is 273 g/mol. The molecule has 0 radical (unpaired) electrons. The van der Waals surface area contributed by atoms with Gasteiger partial charge in [-0.3, -0.25) is 5.10 Å². The number of hydrogen-bond acceptors (Lipinski definition) is 5. The number of rotatable bonds is 2. The zero-order valence-electron chi connectivity index (χ0n) is 11.8. The average Bonchev–Trinajstić information content (AvgIpc) is 2.78. The molecule has 2 N–H and O–H groups in total. The predicted octanol–water partition coefficient (Wildman–Crippen LogP) is 1.44. The van der Waals surface area contributed by atoms with E-state index in [-0.39, 0.29) is 6.10 Å². The van der Waals surface area contributed by atoms with Gasteiger partial charge in [-0.2, -0.15) is 5.10 Å². The van der Waals surface area contributed by atoms with E-state index in [9.17, 15) is 5.11 Å². The van der Waals surface area contributed by atoms with Crippen LogP contribution in [0.3, 0.4) is 0 Å². The number of β-amino-alcohol motifs (C(OH)–C–C–N with tert-alkyl or cyclic N) is 1. The second-order valence-corrected chi connectivity index (χ2v) is 5.29. The van der Waals surface area contributed by atoms with Gasteiger partial charge in [0, 0.05) is 25.0 Å². The lowest BCUT2D eigenvalue weighted by molar-refractivity contribution is 0.154. The van der Waals surface area contributed by atoms with E-state index in [1.165, 1.54) is 0 Å². The van der Waals surface area contributed by atoms with E-state index in [0.29, 0.717) is 12.4 Å². The zero-order chi connectivity index (χ0) is 14.1. The van der Waals surface area contributed by atoms with Gasteiger partial charge < -0.3 is 10.0 Å². The molecule has 1 fully saturated rings. The number of aromatic nitrogens is 4. The summed E-state index contributed by atoms with van der Waals surface area (Å²) < 4.78 is 0. The predicted molar refractivity (Wildman–Crippen MR) is 76.5 cm³/mol. The summed E-state index contributed by atoms with van der Waals surface area (Å²) in [6.45, 7) is 5.48. The maximum absolute atomic E-state index is 9.78. The van der Waals surface area contributed by atoms with Crippen LogP contribution in [0.4, 0.5) is 5.82 Å². The van der Waals surface area contributed by atoms with Crippen LogP contribution in [-0.2, 0) is 0 Å². The highest BCUT2D eigenvalue weighted by Gasteiger charge is 2.20. The summed E-state index contributed by atoms with van der Waals surface area (Å²) in [4.78, 5) is 11.1. The van der Waals surface area contributed by atoms with E-state index in [0.717, 1.165) is 42.2 Å². The maximum atomic E-state index is 9.78. The Balaban J connectivity index is 1.94. The van der Waals surface area contributed by atoms with Gasteiger partial charge in [0.05, 0.1) is 17.4 Å². The Hall–Kier alpha value is -1.95. The van der Waals surface area contributed by atoms with Gasteiger partial charge in [-0.25, -0.2) is 9.97 Å². The van der Waals surface area contributed by atoms with Crippen molar-refractivity contribution in [2.45, 2.75) is 32.8 Å². The molecular formula is C14H19N5O. The van der Waals surface area contributed by atoms with E-state index in [2.05, 4.69) is 25.1 Å². The van der Waals surface area contributed by atoms with Crippen LogP contribution in [0, 0.1) is 13.8 Å². The lowest BCUT2D eigenvalue weighted by Gasteiger charge is -2.31. The summed E-state index contributed by atoms with van der Waals surface area (Å²) in [5, 5.41) is 16.9. The topological polar surface area (TPSA) is 77.9 Å². The number of aromatic amines is 1. The molecule has 6 nitrogen and oxygen atoms in total. The molecule has 1 aliphatic rings. The van der Waals surface area contributed by atoms with E-state index < -0.39 is 0 Å². The van der Waals surface area contributed by atoms with Crippen LogP contribution in [-0.4, -0.2) is 44.5 Å². The Bertz CT molecular complexity index is 590. The third kappa shape index (κ3) is 2.38. The number of nitrogens with one attached hydrogen (secondary N) is 1. The third-order valence-electron chi connectivity index (χ3n) is 3.71. The summed E-state index contributed by atoms with van der Waals surface area (Å²) in [6.07, 6.45) is 3.36. The second-order valence-electron chi connectivity index (χ2n) is 5.29. The summed E-state index contributed by atoms with van der Waals surface area (Å²) in [5.74, 6) is 1.56. The Labute approximate surface area is 117 Å². The molecule has 6 heteroatoms. The number of H-pyrrole nitrogens is 1. The highest BCUT2D eigenvalue weighted by molar-refractivity contribution is 5.62. The first-order chi connectivity index (χ1) is 9.65. The molecule has 0 aromatic carbocycles. The number of piperidine rings is 1. The van der Waals surface area contributed by atoms with Crippen LogP contribution in [0.1, 0.15) is 24.2 Å². The normalized spacial score (nSPS) is 19.4. The monoisotopic (exact) mass is 273 g/mol. The van der Waals surface area contributed by atoms with Gasteiger partial charge in [0.15, 0.2) is 5.82 Å². The summed E-state index contributed by atoms with van der Waals surface area (Å²) >= 11 is 0. The fourth-order valence-corrected chi connectivity index (χ4v) is 2.69. The molecule has 3 heterocycles. The SMILES string of the molecule is Cc1n[nH]c(C)c1-c1nccc(N2CCCC(O)C2)n1. The van der Waals surface area contributed by atoms with Crippen molar-refractivity contribution in [2.24, 2.45) is 0 Å². The van der Waals surface area contributed by atoms with Gasteiger partial charge in [-0.1, -0.05) is 0 Å². The van der Waals surface area contributed by atoms with Crippen molar-refractivity contribution < 1.29 is 5.11 Å². The molecule has 20 heavy (non-hydrogen) atoms. The van der Waals surface area contributed by atoms with Crippen LogP contribution in [0.5, 0.6) is 0 Å². The van der Waals surface area contributed by atoms with Gasteiger partial charge in [0.2, 0.25) is 0 Å². The molecule has 0 spiro atoms. The summed E-state index contributed by atoms with van der Waals surface area (Å²) in [5.41, 5.74) is 2.83. The zero-order valence-corrected chi connectivity index (χ0v) is 11.8. The fraction of sp³-hybridized carbons (Fsp3) is 0.500.